The molecule has 0 aromatic carbocycles. The highest BCUT2D eigenvalue weighted by Crippen LogP contribution is 2.16. The summed E-state index contributed by atoms with van der Waals surface area (Å²) in [7, 11) is 0. The zero-order chi connectivity index (χ0) is 12.8. The summed E-state index contributed by atoms with van der Waals surface area (Å²) in [5, 5.41) is 3.44. The van der Waals surface area contributed by atoms with Gasteiger partial charge < -0.3 is 5.32 Å². The molecule has 18 heavy (non-hydrogen) atoms. The van der Waals surface area contributed by atoms with Gasteiger partial charge in [-0.3, -0.25) is 9.88 Å². The maximum atomic E-state index is 4.54. The number of aryl methyl sites for hydroxylation is 1. The molecule has 1 aliphatic rings. The van der Waals surface area contributed by atoms with Crippen LogP contribution < -0.4 is 5.32 Å². The van der Waals surface area contributed by atoms with E-state index in [0.29, 0.717) is 0 Å². The van der Waals surface area contributed by atoms with E-state index in [4.69, 9.17) is 0 Å². The quantitative estimate of drug-likeness (QED) is 0.865. The summed E-state index contributed by atoms with van der Waals surface area (Å²) in [6.07, 6.45) is 5.67. The fourth-order valence-electron chi connectivity index (χ4n) is 2.73. The van der Waals surface area contributed by atoms with Crippen LogP contribution in [0, 0.1) is 6.92 Å². The number of piperidine rings is 1. The van der Waals surface area contributed by atoms with Crippen LogP contribution in [0.15, 0.2) is 18.3 Å². The highest BCUT2D eigenvalue weighted by atomic mass is 15.2. The molecule has 0 amide bonds. The van der Waals surface area contributed by atoms with Crippen LogP contribution in [0.5, 0.6) is 0 Å². The molecule has 3 heteroatoms. The lowest BCUT2D eigenvalue weighted by Gasteiger charge is -2.34. The average molecular weight is 247 g/mol. The van der Waals surface area contributed by atoms with Gasteiger partial charge in [-0.05, 0) is 57.5 Å². The van der Waals surface area contributed by atoms with Gasteiger partial charge in [-0.25, -0.2) is 0 Å². The number of aromatic nitrogens is 1. The Hall–Kier alpha value is -0.930. The Morgan fingerprint density at radius 3 is 2.83 bits per heavy atom. The number of rotatable bonds is 5. The Labute approximate surface area is 111 Å². The molecule has 1 aromatic rings. The van der Waals surface area contributed by atoms with Crippen LogP contribution in [0.2, 0.25) is 0 Å². The van der Waals surface area contributed by atoms with Crippen LogP contribution in [-0.4, -0.2) is 35.6 Å². The zero-order valence-electron chi connectivity index (χ0n) is 11.7. The topological polar surface area (TPSA) is 28.2 Å². The summed E-state index contributed by atoms with van der Waals surface area (Å²) < 4.78 is 0. The molecule has 0 atom stereocenters. The van der Waals surface area contributed by atoms with Gasteiger partial charge in [-0.15, -0.1) is 0 Å². The highest BCUT2D eigenvalue weighted by Gasteiger charge is 2.21. The number of nitrogens with one attached hydrogen (secondary N) is 1. The fourth-order valence-corrected chi connectivity index (χ4v) is 2.73. The van der Waals surface area contributed by atoms with Gasteiger partial charge in [0, 0.05) is 18.8 Å². The molecule has 1 fully saturated rings. The summed E-state index contributed by atoms with van der Waals surface area (Å²) in [6.45, 7) is 8.93. The number of nitrogens with zero attached hydrogens (tertiary/aromatic N) is 2. The minimum Gasteiger partial charge on any atom is -0.317 e. The van der Waals surface area contributed by atoms with Gasteiger partial charge in [0.15, 0.2) is 0 Å². The van der Waals surface area contributed by atoms with Crippen molar-refractivity contribution in [1.29, 1.82) is 0 Å². The lowest BCUT2D eigenvalue weighted by molar-refractivity contribution is 0.152. The van der Waals surface area contributed by atoms with Crippen LogP contribution in [0.4, 0.5) is 0 Å². The molecule has 3 nitrogen and oxygen atoms in total. The van der Waals surface area contributed by atoms with Crippen molar-refractivity contribution in [3.63, 3.8) is 0 Å². The van der Waals surface area contributed by atoms with Gasteiger partial charge in [0.25, 0.3) is 0 Å². The van der Waals surface area contributed by atoms with E-state index in [1.165, 1.54) is 37.1 Å². The van der Waals surface area contributed by atoms with Crippen molar-refractivity contribution in [1.82, 2.24) is 15.2 Å². The lowest BCUT2D eigenvalue weighted by Crippen LogP contribution is -2.43. The van der Waals surface area contributed by atoms with Gasteiger partial charge in [0.05, 0.1) is 5.69 Å². The minimum atomic E-state index is 0.729. The molecule has 1 aromatic heterocycles. The van der Waals surface area contributed by atoms with Crippen molar-refractivity contribution < 1.29 is 0 Å². The van der Waals surface area contributed by atoms with E-state index in [0.717, 1.165) is 25.7 Å². The number of hydrogen-bond acceptors (Lipinski definition) is 3. The molecule has 0 spiro atoms. The van der Waals surface area contributed by atoms with Crippen molar-refractivity contribution in [3.8, 4) is 0 Å². The van der Waals surface area contributed by atoms with Crippen LogP contribution in [0.1, 0.15) is 37.4 Å². The molecular weight excluding hydrogens is 222 g/mol. The molecule has 100 valence electrons. The standard InChI is InChI=1S/C15H25N3/c1-3-11-18(14-6-9-16-10-7-14)12-15-13(2)5-4-8-17-15/h4-5,8,14,16H,3,6-7,9-12H2,1-2H3. The fraction of sp³-hybridized carbons (Fsp3) is 0.667. The lowest BCUT2D eigenvalue weighted by atomic mass is 10.0. The third-order valence-corrected chi connectivity index (χ3v) is 3.81. The van der Waals surface area contributed by atoms with E-state index in [2.05, 4.69) is 35.1 Å². The first kappa shape index (κ1) is 13.5. The van der Waals surface area contributed by atoms with E-state index in [9.17, 15) is 0 Å². The van der Waals surface area contributed by atoms with Crippen LogP contribution >= 0.6 is 0 Å². The van der Waals surface area contributed by atoms with Crippen molar-refractivity contribution in [3.05, 3.63) is 29.6 Å². The summed E-state index contributed by atoms with van der Waals surface area (Å²) in [4.78, 5) is 7.16. The zero-order valence-corrected chi connectivity index (χ0v) is 11.7. The Balaban J connectivity index is 2.03. The van der Waals surface area contributed by atoms with Crippen LogP contribution in [0.3, 0.4) is 0 Å². The summed E-state index contributed by atoms with van der Waals surface area (Å²) >= 11 is 0. The minimum absolute atomic E-state index is 0.729. The molecule has 1 saturated heterocycles. The van der Waals surface area contributed by atoms with Crippen LogP contribution in [0.25, 0.3) is 0 Å². The molecule has 2 heterocycles. The van der Waals surface area contributed by atoms with E-state index in [1.54, 1.807) is 0 Å². The largest absolute Gasteiger partial charge is 0.317 e. The SMILES string of the molecule is CCCN(Cc1ncccc1C)C1CCNCC1. The second-order valence-corrected chi connectivity index (χ2v) is 5.22. The monoisotopic (exact) mass is 247 g/mol. The van der Waals surface area contributed by atoms with E-state index in [-0.39, 0.29) is 0 Å². The molecule has 1 N–H and O–H groups in total. The molecular formula is C15H25N3. The van der Waals surface area contributed by atoms with E-state index in [1.807, 2.05) is 12.3 Å². The summed E-state index contributed by atoms with van der Waals surface area (Å²) in [6, 6.07) is 4.91. The first-order chi connectivity index (χ1) is 8.81. The maximum Gasteiger partial charge on any atom is 0.0573 e. The predicted molar refractivity (Wildman–Crippen MR) is 75.6 cm³/mol. The third-order valence-electron chi connectivity index (χ3n) is 3.81. The van der Waals surface area contributed by atoms with E-state index < -0.39 is 0 Å². The van der Waals surface area contributed by atoms with Gasteiger partial charge in [0.2, 0.25) is 0 Å². The molecule has 0 unspecified atom stereocenters. The Morgan fingerprint density at radius 2 is 2.17 bits per heavy atom. The first-order valence-corrected chi connectivity index (χ1v) is 7.16. The first-order valence-electron chi connectivity index (χ1n) is 7.16. The summed E-state index contributed by atoms with van der Waals surface area (Å²) in [5.41, 5.74) is 2.55. The summed E-state index contributed by atoms with van der Waals surface area (Å²) in [5.74, 6) is 0. The van der Waals surface area contributed by atoms with Crippen LogP contribution in [-0.2, 0) is 6.54 Å². The maximum absolute atomic E-state index is 4.54. The average Bonchev–Trinajstić information content (AvgIpc) is 2.42. The number of pyridine rings is 1. The Morgan fingerprint density at radius 1 is 1.39 bits per heavy atom. The van der Waals surface area contributed by atoms with Crippen molar-refractivity contribution in [2.24, 2.45) is 0 Å². The number of hydrogen-bond donors (Lipinski definition) is 1. The molecule has 0 saturated carbocycles. The second-order valence-electron chi connectivity index (χ2n) is 5.22. The normalized spacial score (nSPS) is 17.3. The predicted octanol–water partition coefficient (Wildman–Crippen LogP) is 2.35. The van der Waals surface area contributed by atoms with Gasteiger partial charge in [-0.2, -0.15) is 0 Å². The van der Waals surface area contributed by atoms with Gasteiger partial charge in [0.1, 0.15) is 0 Å². The Bertz CT molecular complexity index is 359. The molecule has 0 bridgehead atoms. The van der Waals surface area contributed by atoms with Crippen molar-refractivity contribution >= 4 is 0 Å². The van der Waals surface area contributed by atoms with Gasteiger partial charge in [-0.1, -0.05) is 13.0 Å². The smallest absolute Gasteiger partial charge is 0.0573 e. The van der Waals surface area contributed by atoms with Crippen molar-refractivity contribution in [2.45, 2.75) is 45.7 Å². The van der Waals surface area contributed by atoms with E-state index >= 15 is 0 Å². The second kappa shape index (κ2) is 6.86. The molecule has 1 aliphatic heterocycles. The molecule has 0 aliphatic carbocycles. The Kier molecular flexibility index (Phi) is 5.14. The third kappa shape index (κ3) is 3.53. The van der Waals surface area contributed by atoms with Crippen molar-refractivity contribution in [2.75, 3.05) is 19.6 Å². The van der Waals surface area contributed by atoms with Gasteiger partial charge >= 0.3 is 0 Å². The molecule has 0 radical (unpaired) electrons. The highest BCUT2D eigenvalue weighted by molar-refractivity contribution is 5.17. The molecule has 2 rings (SSSR count).